The number of aryl methyl sites for hydroxylation is 1. The van der Waals surface area contributed by atoms with Crippen molar-refractivity contribution in [1.82, 2.24) is 5.32 Å². The number of halogens is 1. The second-order valence-corrected chi connectivity index (χ2v) is 7.31. The highest BCUT2D eigenvalue weighted by Crippen LogP contribution is 2.39. The van der Waals surface area contributed by atoms with E-state index in [2.05, 4.69) is 11.4 Å². The number of rotatable bonds is 3. The third kappa shape index (κ3) is 2.60. The van der Waals surface area contributed by atoms with Gasteiger partial charge in [0, 0.05) is 17.5 Å². The molecule has 3 rings (SSSR count). The van der Waals surface area contributed by atoms with Crippen molar-refractivity contribution in [2.24, 2.45) is 5.92 Å². The maximum Gasteiger partial charge on any atom is 0.0934 e. The van der Waals surface area contributed by atoms with Crippen LogP contribution in [0.5, 0.6) is 0 Å². The van der Waals surface area contributed by atoms with Crippen molar-refractivity contribution in [3.63, 3.8) is 0 Å². The first kappa shape index (κ1) is 12.9. The molecule has 1 aromatic heterocycles. The summed E-state index contributed by atoms with van der Waals surface area (Å²) in [5, 5.41) is 13.6. The van der Waals surface area contributed by atoms with E-state index in [1.54, 1.807) is 11.3 Å². The maximum absolute atomic E-state index is 9.98. The van der Waals surface area contributed by atoms with Crippen LogP contribution in [0.25, 0.3) is 0 Å². The monoisotopic (exact) mass is 285 g/mol. The summed E-state index contributed by atoms with van der Waals surface area (Å²) in [5.41, 5.74) is 1.40. The highest BCUT2D eigenvalue weighted by Gasteiger charge is 2.27. The van der Waals surface area contributed by atoms with Crippen LogP contribution in [0.2, 0.25) is 4.34 Å². The van der Waals surface area contributed by atoms with Crippen molar-refractivity contribution in [3.05, 3.63) is 20.8 Å². The molecule has 3 atom stereocenters. The topological polar surface area (TPSA) is 32.3 Å². The van der Waals surface area contributed by atoms with Crippen LogP contribution < -0.4 is 5.32 Å². The summed E-state index contributed by atoms with van der Waals surface area (Å²) in [6.07, 6.45) is 6.83. The lowest BCUT2D eigenvalue weighted by atomic mass is 9.86. The summed E-state index contributed by atoms with van der Waals surface area (Å²) in [7, 11) is 0. The van der Waals surface area contributed by atoms with E-state index in [1.165, 1.54) is 29.7 Å². The minimum Gasteiger partial charge on any atom is -0.393 e. The zero-order chi connectivity index (χ0) is 12.5. The van der Waals surface area contributed by atoms with Crippen LogP contribution in [0.1, 0.15) is 48.6 Å². The van der Waals surface area contributed by atoms with Crippen LogP contribution in [-0.4, -0.2) is 17.8 Å². The Morgan fingerprint density at radius 3 is 3.00 bits per heavy atom. The van der Waals surface area contributed by atoms with Crippen LogP contribution >= 0.6 is 22.9 Å². The summed E-state index contributed by atoms with van der Waals surface area (Å²) in [4.78, 5) is 1.45. The SMILES string of the molecule is OC1CCCCC1CNC1CCc2sc(Cl)cc21. The molecule has 1 saturated carbocycles. The van der Waals surface area contributed by atoms with Gasteiger partial charge < -0.3 is 10.4 Å². The zero-order valence-electron chi connectivity index (χ0n) is 10.5. The first-order valence-electron chi connectivity index (χ1n) is 6.93. The Bertz CT molecular complexity index is 420. The molecular weight excluding hydrogens is 266 g/mol. The fourth-order valence-corrected chi connectivity index (χ4v) is 4.62. The highest BCUT2D eigenvalue weighted by molar-refractivity contribution is 7.16. The number of aliphatic hydroxyl groups is 1. The van der Waals surface area contributed by atoms with E-state index in [-0.39, 0.29) is 6.10 Å². The van der Waals surface area contributed by atoms with Crippen molar-refractivity contribution in [2.45, 2.75) is 50.7 Å². The molecule has 0 bridgehead atoms. The Balaban J connectivity index is 1.57. The van der Waals surface area contributed by atoms with E-state index in [4.69, 9.17) is 11.6 Å². The quantitative estimate of drug-likeness (QED) is 0.890. The second-order valence-electron chi connectivity index (χ2n) is 5.54. The standard InChI is InChI=1S/C14H20ClNOS/c15-14-7-10-11(5-6-13(10)18-14)16-8-9-3-1-2-4-12(9)17/h7,9,11-12,16-17H,1-6,8H2. The molecule has 0 aromatic carbocycles. The molecule has 1 heterocycles. The Hall–Kier alpha value is -0.0900. The molecule has 0 amide bonds. The molecule has 100 valence electrons. The third-order valence-electron chi connectivity index (χ3n) is 4.34. The predicted octanol–water partition coefficient (Wildman–Crippen LogP) is 3.53. The second kappa shape index (κ2) is 5.49. The minimum absolute atomic E-state index is 0.0989. The summed E-state index contributed by atoms with van der Waals surface area (Å²) < 4.78 is 0.907. The molecule has 4 heteroatoms. The van der Waals surface area contributed by atoms with Gasteiger partial charge in [-0.15, -0.1) is 11.3 Å². The van der Waals surface area contributed by atoms with Crippen LogP contribution in [0.4, 0.5) is 0 Å². The van der Waals surface area contributed by atoms with E-state index < -0.39 is 0 Å². The van der Waals surface area contributed by atoms with Gasteiger partial charge in [0.05, 0.1) is 10.4 Å². The lowest BCUT2D eigenvalue weighted by Gasteiger charge is -2.29. The number of fused-ring (bicyclic) bond motifs is 1. The largest absolute Gasteiger partial charge is 0.393 e. The Labute approximate surface area is 117 Å². The predicted molar refractivity (Wildman–Crippen MR) is 76.4 cm³/mol. The lowest BCUT2D eigenvalue weighted by molar-refractivity contribution is 0.0681. The highest BCUT2D eigenvalue weighted by atomic mass is 35.5. The summed E-state index contributed by atoms with van der Waals surface area (Å²) in [6, 6.07) is 2.57. The summed E-state index contributed by atoms with van der Waals surface area (Å²) in [5.74, 6) is 0.442. The normalized spacial score (nSPS) is 31.6. The number of nitrogens with one attached hydrogen (secondary N) is 1. The number of hydrogen-bond acceptors (Lipinski definition) is 3. The molecule has 0 spiro atoms. The average Bonchev–Trinajstić information content (AvgIpc) is 2.88. The first-order chi connectivity index (χ1) is 8.74. The fraction of sp³-hybridized carbons (Fsp3) is 0.714. The Kier molecular flexibility index (Phi) is 3.94. The molecule has 1 fully saturated rings. The Morgan fingerprint density at radius 2 is 2.17 bits per heavy atom. The van der Waals surface area contributed by atoms with Crippen LogP contribution in [-0.2, 0) is 6.42 Å². The molecule has 0 aliphatic heterocycles. The van der Waals surface area contributed by atoms with Crippen molar-refractivity contribution >= 4 is 22.9 Å². The van der Waals surface area contributed by atoms with Gasteiger partial charge in [0.15, 0.2) is 0 Å². The maximum atomic E-state index is 9.98. The van der Waals surface area contributed by atoms with E-state index in [0.29, 0.717) is 12.0 Å². The smallest absolute Gasteiger partial charge is 0.0934 e. The molecule has 0 saturated heterocycles. The number of hydrogen-bond donors (Lipinski definition) is 2. The molecule has 2 aliphatic rings. The molecule has 2 nitrogen and oxygen atoms in total. The van der Waals surface area contributed by atoms with Gasteiger partial charge in [0.25, 0.3) is 0 Å². The van der Waals surface area contributed by atoms with Crippen molar-refractivity contribution < 1.29 is 5.11 Å². The van der Waals surface area contributed by atoms with E-state index >= 15 is 0 Å². The fourth-order valence-electron chi connectivity index (χ4n) is 3.26. The van der Waals surface area contributed by atoms with Gasteiger partial charge in [-0.1, -0.05) is 24.4 Å². The van der Waals surface area contributed by atoms with Gasteiger partial charge in [0.1, 0.15) is 0 Å². The first-order valence-corrected chi connectivity index (χ1v) is 8.13. The molecule has 3 unspecified atom stereocenters. The molecule has 2 N–H and O–H groups in total. The molecule has 18 heavy (non-hydrogen) atoms. The summed E-state index contributed by atoms with van der Waals surface area (Å²) in [6.45, 7) is 0.943. The van der Waals surface area contributed by atoms with E-state index in [9.17, 15) is 5.11 Å². The van der Waals surface area contributed by atoms with Crippen LogP contribution in [0.15, 0.2) is 6.07 Å². The van der Waals surface area contributed by atoms with Gasteiger partial charge in [-0.25, -0.2) is 0 Å². The molecule has 0 radical (unpaired) electrons. The zero-order valence-corrected chi connectivity index (χ0v) is 12.1. The van der Waals surface area contributed by atoms with Crippen molar-refractivity contribution in [3.8, 4) is 0 Å². The van der Waals surface area contributed by atoms with E-state index in [1.807, 2.05) is 0 Å². The third-order valence-corrected chi connectivity index (χ3v) is 5.68. The van der Waals surface area contributed by atoms with Gasteiger partial charge in [-0.3, -0.25) is 0 Å². The number of thiophene rings is 1. The molecule has 1 aromatic rings. The van der Waals surface area contributed by atoms with Gasteiger partial charge in [0.2, 0.25) is 0 Å². The minimum atomic E-state index is -0.0989. The molecular formula is C14H20ClNOS. The van der Waals surface area contributed by atoms with Gasteiger partial charge in [-0.2, -0.15) is 0 Å². The van der Waals surface area contributed by atoms with Gasteiger partial charge in [-0.05, 0) is 43.2 Å². The number of aliphatic hydroxyl groups excluding tert-OH is 1. The Morgan fingerprint density at radius 1 is 1.33 bits per heavy atom. The molecule has 2 aliphatic carbocycles. The average molecular weight is 286 g/mol. The lowest BCUT2D eigenvalue weighted by Crippen LogP contribution is -2.35. The van der Waals surface area contributed by atoms with Crippen molar-refractivity contribution in [2.75, 3.05) is 6.54 Å². The summed E-state index contributed by atoms with van der Waals surface area (Å²) >= 11 is 7.79. The van der Waals surface area contributed by atoms with Crippen LogP contribution in [0, 0.1) is 5.92 Å². The van der Waals surface area contributed by atoms with Crippen LogP contribution in [0.3, 0.4) is 0 Å². The van der Waals surface area contributed by atoms with Crippen molar-refractivity contribution in [1.29, 1.82) is 0 Å². The van der Waals surface area contributed by atoms with E-state index in [0.717, 1.165) is 30.1 Å². The van der Waals surface area contributed by atoms with Gasteiger partial charge >= 0.3 is 0 Å².